The van der Waals surface area contributed by atoms with Crippen LogP contribution in [0.4, 0.5) is 5.69 Å². The summed E-state index contributed by atoms with van der Waals surface area (Å²) in [4.78, 5) is 51.2. The molecule has 10 heteroatoms. The molecule has 1 unspecified atom stereocenters. The second-order valence-corrected chi connectivity index (χ2v) is 11.5. The molecule has 206 valence electrons. The highest BCUT2D eigenvalue weighted by Crippen LogP contribution is 2.60. The van der Waals surface area contributed by atoms with Crippen LogP contribution in [0.25, 0.3) is 0 Å². The number of ketones is 1. The molecule has 0 radical (unpaired) electrons. The first kappa shape index (κ1) is 25.7. The summed E-state index contributed by atoms with van der Waals surface area (Å²) in [6.07, 6.45) is 2.57. The molecule has 10 nitrogen and oxygen atoms in total. The zero-order valence-electron chi connectivity index (χ0n) is 22.3. The minimum Gasteiger partial charge on any atom is -0.497 e. The quantitative estimate of drug-likeness (QED) is 0.309. The summed E-state index contributed by atoms with van der Waals surface area (Å²) in [5, 5.41) is 0. The van der Waals surface area contributed by atoms with Gasteiger partial charge in [0, 0.05) is 31.2 Å². The van der Waals surface area contributed by atoms with Crippen molar-refractivity contribution in [1.82, 2.24) is 0 Å². The number of anilines is 1. The first-order valence-electron chi connectivity index (χ1n) is 13.6. The van der Waals surface area contributed by atoms with Crippen LogP contribution in [0.5, 0.6) is 5.75 Å². The number of Topliss-reactive ketones (excluding diaryl/α,β-unsaturated/α-hetero) is 1. The second kappa shape index (κ2) is 9.29. The SMILES string of the molecule is COc1ccc2c(c1)C(=O)C(=O)N2CCCC(=O)OC1O[C@@H]2O[C@@]3(C)CC[C@H]4[C@H](C)CC[C@@H]([C@H]1C)[C@@]24OO3. The summed E-state index contributed by atoms with van der Waals surface area (Å²) >= 11 is 0. The molecule has 7 rings (SSSR count). The highest BCUT2D eigenvalue weighted by Gasteiger charge is 2.69. The van der Waals surface area contributed by atoms with E-state index in [2.05, 4.69) is 6.92 Å². The van der Waals surface area contributed by atoms with Crippen LogP contribution >= 0.6 is 0 Å². The van der Waals surface area contributed by atoms with E-state index >= 15 is 0 Å². The Morgan fingerprint density at radius 1 is 1.13 bits per heavy atom. The van der Waals surface area contributed by atoms with Gasteiger partial charge in [0.15, 0.2) is 11.9 Å². The van der Waals surface area contributed by atoms with Crippen LogP contribution in [-0.4, -0.2) is 55.3 Å². The van der Waals surface area contributed by atoms with Crippen molar-refractivity contribution in [1.29, 1.82) is 0 Å². The number of benzene rings is 1. The maximum Gasteiger partial charge on any atom is 0.308 e. The highest BCUT2D eigenvalue weighted by molar-refractivity contribution is 6.52. The molecular weight excluding hydrogens is 494 g/mol. The van der Waals surface area contributed by atoms with E-state index in [1.54, 1.807) is 18.2 Å². The third-order valence-corrected chi connectivity index (χ3v) is 9.29. The van der Waals surface area contributed by atoms with Gasteiger partial charge in [-0.25, -0.2) is 9.78 Å². The summed E-state index contributed by atoms with van der Waals surface area (Å²) in [6, 6.07) is 4.95. The van der Waals surface area contributed by atoms with Gasteiger partial charge in [0.05, 0.1) is 18.4 Å². The molecule has 0 N–H and O–H groups in total. The molecule has 38 heavy (non-hydrogen) atoms. The van der Waals surface area contributed by atoms with Gasteiger partial charge < -0.3 is 23.8 Å². The van der Waals surface area contributed by atoms with E-state index in [1.807, 2.05) is 13.8 Å². The lowest BCUT2D eigenvalue weighted by atomic mass is 9.58. The average Bonchev–Trinajstić information content (AvgIpc) is 3.01. The van der Waals surface area contributed by atoms with Gasteiger partial charge in [-0.05, 0) is 62.6 Å². The Hall–Kier alpha value is -2.53. The van der Waals surface area contributed by atoms with Gasteiger partial charge >= 0.3 is 5.97 Å². The lowest BCUT2D eigenvalue weighted by Crippen LogP contribution is -2.70. The third kappa shape index (κ3) is 3.87. The van der Waals surface area contributed by atoms with Crippen molar-refractivity contribution in [2.45, 2.75) is 83.3 Å². The second-order valence-electron chi connectivity index (χ2n) is 11.5. The van der Waals surface area contributed by atoms with E-state index in [0.29, 0.717) is 35.8 Å². The number of hydrogen-bond acceptors (Lipinski definition) is 9. The van der Waals surface area contributed by atoms with Crippen molar-refractivity contribution in [3.05, 3.63) is 23.8 Å². The van der Waals surface area contributed by atoms with Gasteiger partial charge in [0.25, 0.3) is 11.7 Å². The number of hydrogen-bond donors (Lipinski definition) is 0. The summed E-state index contributed by atoms with van der Waals surface area (Å²) in [5.41, 5.74) is 0.128. The van der Waals surface area contributed by atoms with Crippen LogP contribution in [-0.2, 0) is 33.6 Å². The monoisotopic (exact) mass is 529 g/mol. The van der Waals surface area contributed by atoms with Crippen molar-refractivity contribution in [3.63, 3.8) is 0 Å². The molecule has 5 aliphatic heterocycles. The molecule has 8 atom stereocenters. The van der Waals surface area contributed by atoms with Crippen molar-refractivity contribution in [3.8, 4) is 5.75 Å². The molecule has 1 aromatic carbocycles. The Balaban J connectivity index is 1.11. The molecule has 1 spiro atoms. The molecule has 5 fully saturated rings. The molecule has 1 aliphatic carbocycles. The van der Waals surface area contributed by atoms with Crippen molar-refractivity contribution in [2.24, 2.45) is 23.7 Å². The number of esters is 1. The largest absolute Gasteiger partial charge is 0.497 e. The topological polar surface area (TPSA) is 110 Å². The van der Waals surface area contributed by atoms with Crippen molar-refractivity contribution >= 4 is 23.3 Å². The molecule has 0 aromatic heterocycles. The van der Waals surface area contributed by atoms with E-state index in [4.69, 9.17) is 28.7 Å². The van der Waals surface area contributed by atoms with Gasteiger partial charge in [0.1, 0.15) is 5.75 Å². The normalized spacial score (nSPS) is 39.4. The summed E-state index contributed by atoms with van der Waals surface area (Å²) in [6.45, 7) is 6.36. The Morgan fingerprint density at radius 3 is 2.74 bits per heavy atom. The number of carbonyl (C=O) groups excluding carboxylic acids is 3. The number of carbonyl (C=O) groups is 3. The predicted molar refractivity (Wildman–Crippen MR) is 132 cm³/mol. The van der Waals surface area contributed by atoms with Crippen LogP contribution in [0.15, 0.2) is 18.2 Å². The Labute approximate surface area is 221 Å². The lowest BCUT2D eigenvalue weighted by molar-refractivity contribution is -0.576. The number of rotatable bonds is 6. The van der Waals surface area contributed by atoms with Gasteiger partial charge in [-0.2, -0.15) is 0 Å². The lowest BCUT2D eigenvalue weighted by Gasteiger charge is -2.59. The van der Waals surface area contributed by atoms with Gasteiger partial charge in [-0.3, -0.25) is 14.4 Å². The summed E-state index contributed by atoms with van der Waals surface area (Å²) in [7, 11) is 1.50. The molecule has 6 aliphatic rings. The number of methoxy groups -OCH3 is 1. The Morgan fingerprint density at radius 2 is 1.95 bits per heavy atom. The van der Waals surface area contributed by atoms with Crippen LogP contribution in [0, 0.1) is 23.7 Å². The standard InChI is InChI=1S/C28H35NO9/c1-15-7-9-20-16(2)25(35-26-28(20)19(15)11-12-27(3,36-26)37-38-28)34-22(30)6-5-13-29-21-10-8-17(33-4)14-18(21)23(31)24(29)32/h8,10,14-16,19-20,25-26H,5-7,9,11-13H2,1-4H3/t15-,16-,19+,20+,25?,26-,27-,28-/m1/s1. The minimum absolute atomic E-state index is 0.0598. The molecule has 4 saturated heterocycles. The van der Waals surface area contributed by atoms with E-state index in [0.717, 1.165) is 19.3 Å². The average molecular weight is 530 g/mol. The first-order chi connectivity index (χ1) is 18.2. The highest BCUT2D eigenvalue weighted by atomic mass is 17.3. The van der Waals surface area contributed by atoms with Crippen LogP contribution < -0.4 is 9.64 Å². The smallest absolute Gasteiger partial charge is 0.308 e. The Kier molecular flexibility index (Phi) is 6.29. The summed E-state index contributed by atoms with van der Waals surface area (Å²) in [5.74, 6) is -1.36. The number of nitrogens with zero attached hydrogens (tertiary/aromatic N) is 1. The predicted octanol–water partition coefficient (Wildman–Crippen LogP) is 3.76. The zero-order chi connectivity index (χ0) is 26.8. The minimum atomic E-state index is -0.896. The first-order valence-corrected chi connectivity index (χ1v) is 13.6. The molecule has 1 saturated carbocycles. The van der Waals surface area contributed by atoms with E-state index < -0.39 is 41.6 Å². The Bertz CT molecular complexity index is 1160. The fourth-order valence-corrected chi connectivity index (χ4v) is 7.21. The maximum absolute atomic E-state index is 12.9. The number of ether oxygens (including phenoxy) is 4. The molecular formula is C28H35NO9. The van der Waals surface area contributed by atoms with E-state index in [1.165, 1.54) is 12.0 Å². The van der Waals surface area contributed by atoms with Crippen molar-refractivity contribution < 1.29 is 43.1 Å². The fourth-order valence-electron chi connectivity index (χ4n) is 7.21. The van der Waals surface area contributed by atoms with E-state index in [-0.39, 0.29) is 30.7 Å². The maximum atomic E-state index is 12.9. The zero-order valence-corrected chi connectivity index (χ0v) is 22.3. The molecule has 2 bridgehead atoms. The van der Waals surface area contributed by atoms with Crippen molar-refractivity contribution in [2.75, 3.05) is 18.6 Å². The van der Waals surface area contributed by atoms with Crippen LogP contribution in [0.3, 0.4) is 0 Å². The number of amides is 1. The summed E-state index contributed by atoms with van der Waals surface area (Å²) < 4.78 is 23.6. The van der Waals surface area contributed by atoms with Crippen LogP contribution in [0.1, 0.15) is 69.7 Å². The fraction of sp³-hybridized carbons (Fsp3) is 0.679. The third-order valence-electron chi connectivity index (χ3n) is 9.29. The van der Waals surface area contributed by atoms with Gasteiger partial charge in [-0.1, -0.05) is 13.8 Å². The molecule has 5 heterocycles. The molecule has 1 amide bonds. The molecule has 1 aromatic rings. The van der Waals surface area contributed by atoms with E-state index in [9.17, 15) is 14.4 Å². The van der Waals surface area contributed by atoms with Gasteiger partial charge in [0.2, 0.25) is 12.1 Å². The number of fused-ring (bicyclic) bond motifs is 3. The van der Waals surface area contributed by atoms with Gasteiger partial charge in [-0.15, -0.1) is 0 Å². The van der Waals surface area contributed by atoms with Crippen LogP contribution in [0.2, 0.25) is 0 Å².